The SMILES string of the molecule is COc1ccc([Si](C)(C)[C@H]2[C@H](CCO)O[C@@]3(C(=O)N(Cc4ccc(NC(=O)C5CCCNC5)cc4)c4ccc(NC(=O)C5CCCNC5)cc43)[C@@H]2C)cc1. The molecule has 3 aromatic carbocycles. The van der Waals surface area contributed by atoms with Crippen molar-refractivity contribution in [3.05, 3.63) is 77.9 Å². The molecule has 3 amide bonds. The Kier molecular flexibility index (Phi) is 11.3. The van der Waals surface area contributed by atoms with Crippen LogP contribution in [-0.4, -0.2) is 76.9 Å². The summed E-state index contributed by atoms with van der Waals surface area (Å²) in [5.74, 6) is 0.215. The minimum Gasteiger partial charge on any atom is -0.497 e. The number of hydrogen-bond acceptors (Lipinski definition) is 8. The molecule has 7 rings (SSSR count). The Labute approximate surface area is 319 Å². The first-order valence-electron chi connectivity index (χ1n) is 19.6. The van der Waals surface area contributed by atoms with E-state index in [4.69, 9.17) is 9.47 Å². The van der Waals surface area contributed by atoms with E-state index in [1.54, 1.807) is 7.11 Å². The molecule has 4 aliphatic rings. The molecule has 11 nitrogen and oxygen atoms in total. The Morgan fingerprint density at radius 2 is 1.54 bits per heavy atom. The van der Waals surface area contributed by atoms with E-state index >= 15 is 4.79 Å². The molecule has 0 radical (unpaired) electrons. The van der Waals surface area contributed by atoms with Crippen LogP contribution in [-0.2, 0) is 31.3 Å². The second-order valence-corrected chi connectivity index (χ2v) is 20.7. The number of aliphatic hydroxyl groups is 1. The van der Waals surface area contributed by atoms with E-state index in [9.17, 15) is 14.7 Å². The lowest BCUT2D eigenvalue weighted by atomic mass is 9.82. The standard InChI is InChI=1S/C42H55N5O6Si/c1-27-38(54(3,4)34-16-14-33(52-2)15-17-34)37(19-22-48)53-42(27)35-23-32(46-40(50)30-8-6-21-44-25-30)13-18-36(35)47(41(42)51)26-28-9-11-31(12-10-28)45-39(49)29-7-5-20-43-24-29/h9-18,23,27,29-30,37-38,43-44,48H,5-8,19-22,24-26H2,1-4H3,(H,45,49)(H,46,50)/t27-,29?,30?,37+,38-,42+/m1/s1. The minimum absolute atomic E-state index is 0.0105. The normalized spacial score (nSPS) is 26.8. The fourth-order valence-corrected chi connectivity index (χ4v) is 13.5. The van der Waals surface area contributed by atoms with Crippen LogP contribution in [0.4, 0.5) is 17.1 Å². The molecule has 12 heteroatoms. The summed E-state index contributed by atoms with van der Waals surface area (Å²) in [6.45, 7) is 10.2. The molecule has 0 aromatic heterocycles. The van der Waals surface area contributed by atoms with Crippen molar-refractivity contribution in [2.24, 2.45) is 17.8 Å². The van der Waals surface area contributed by atoms with Crippen molar-refractivity contribution < 1.29 is 29.0 Å². The summed E-state index contributed by atoms with van der Waals surface area (Å²) in [7, 11) is -0.700. The smallest absolute Gasteiger partial charge is 0.264 e. The largest absolute Gasteiger partial charge is 0.497 e. The number of nitrogens with one attached hydrogen (secondary N) is 4. The number of ether oxygens (including phenoxy) is 2. The fraction of sp³-hybridized carbons (Fsp3) is 0.500. The van der Waals surface area contributed by atoms with Gasteiger partial charge in [-0.1, -0.05) is 49.5 Å². The average Bonchev–Trinajstić information content (AvgIpc) is 3.62. The number of fused-ring (bicyclic) bond motifs is 2. The number of piperidine rings is 2. The number of hydrogen-bond donors (Lipinski definition) is 5. The lowest BCUT2D eigenvalue weighted by molar-refractivity contribution is -0.146. The summed E-state index contributed by atoms with van der Waals surface area (Å²) in [5, 5.41) is 24.4. The monoisotopic (exact) mass is 753 g/mol. The van der Waals surface area contributed by atoms with Gasteiger partial charge in [-0.15, -0.1) is 0 Å². The van der Waals surface area contributed by atoms with Gasteiger partial charge in [0.15, 0.2) is 5.60 Å². The molecule has 2 unspecified atom stereocenters. The highest BCUT2D eigenvalue weighted by Crippen LogP contribution is 2.60. The molecular weight excluding hydrogens is 699 g/mol. The van der Waals surface area contributed by atoms with Crippen molar-refractivity contribution in [2.75, 3.05) is 55.4 Å². The lowest BCUT2D eigenvalue weighted by Gasteiger charge is -2.37. The van der Waals surface area contributed by atoms with Gasteiger partial charge in [-0.25, -0.2) is 0 Å². The van der Waals surface area contributed by atoms with Crippen LogP contribution < -0.4 is 36.1 Å². The molecule has 3 saturated heterocycles. The van der Waals surface area contributed by atoms with Crippen LogP contribution >= 0.6 is 0 Å². The highest BCUT2D eigenvalue weighted by Gasteiger charge is 2.66. The van der Waals surface area contributed by atoms with Gasteiger partial charge < -0.3 is 40.7 Å². The van der Waals surface area contributed by atoms with E-state index in [0.717, 1.165) is 67.0 Å². The molecule has 288 valence electrons. The van der Waals surface area contributed by atoms with Crippen LogP contribution in [0, 0.1) is 17.8 Å². The predicted octanol–water partition coefficient (Wildman–Crippen LogP) is 4.72. The van der Waals surface area contributed by atoms with Crippen LogP contribution in [0.15, 0.2) is 66.7 Å². The van der Waals surface area contributed by atoms with Gasteiger partial charge in [-0.2, -0.15) is 0 Å². The summed E-state index contributed by atoms with van der Waals surface area (Å²) in [6, 6.07) is 21.7. The van der Waals surface area contributed by atoms with Gasteiger partial charge in [-0.05, 0) is 98.8 Å². The van der Waals surface area contributed by atoms with Crippen LogP contribution in [0.5, 0.6) is 5.75 Å². The zero-order valence-electron chi connectivity index (χ0n) is 32.0. The molecule has 4 aliphatic heterocycles. The van der Waals surface area contributed by atoms with Crippen molar-refractivity contribution in [3.63, 3.8) is 0 Å². The third kappa shape index (κ3) is 7.22. The number of rotatable bonds is 11. The Bertz CT molecular complexity index is 1830. The number of aliphatic hydroxyl groups excluding tert-OH is 1. The maximum Gasteiger partial charge on any atom is 0.264 e. The van der Waals surface area contributed by atoms with Crippen molar-refractivity contribution >= 4 is 48.0 Å². The zero-order valence-corrected chi connectivity index (χ0v) is 33.0. The predicted molar refractivity (Wildman–Crippen MR) is 214 cm³/mol. The molecule has 1 spiro atoms. The van der Waals surface area contributed by atoms with Gasteiger partial charge in [-0.3, -0.25) is 14.4 Å². The van der Waals surface area contributed by atoms with E-state index in [0.29, 0.717) is 31.7 Å². The first-order chi connectivity index (χ1) is 26.1. The van der Waals surface area contributed by atoms with Crippen molar-refractivity contribution in [2.45, 2.75) is 75.9 Å². The number of carbonyl (C=O) groups excluding carboxylic acids is 3. The maximum atomic E-state index is 15.2. The highest BCUT2D eigenvalue weighted by molar-refractivity contribution is 6.91. The second kappa shape index (κ2) is 16.0. The third-order valence-corrected chi connectivity index (χ3v) is 16.8. The Morgan fingerprint density at radius 1 is 0.926 bits per heavy atom. The van der Waals surface area contributed by atoms with Gasteiger partial charge in [0.05, 0.1) is 45.4 Å². The highest BCUT2D eigenvalue weighted by atomic mass is 28.3. The van der Waals surface area contributed by atoms with Gasteiger partial charge in [0.1, 0.15) is 5.75 Å². The number of methoxy groups -OCH3 is 1. The Hall–Kier alpha value is -4.07. The van der Waals surface area contributed by atoms with Crippen molar-refractivity contribution in [3.8, 4) is 5.75 Å². The van der Waals surface area contributed by atoms with E-state index in [1.165, 1.54) is 5.19 Å². The molecular formula is C42H55N5O6Si. The maximum absolute atomic E-state index is 15.2. The van der Waals surface area contributed by atoms with Crippen molar-refractivity contribution in [1.29, 1.82) is 0 Å². The number of carbonyl (C=O) groups is 3. The van der Waals surface area contributed by atoms with Crippen molar-refractivity contribution in [1.82, 2.24) is 10.6 Å². The molecule has 0 aliphatic carbocycles. The quantitative estimate of drug-likeness (QED) is 0.178. The lowest BCUT2D eigenvalue weighted by Crippen LogP contribution is -2.51. The summed E-state index contributed by atoms with van der Waals surface area (Å²) in [4.78, 5) is 43.3. The molecule has 5 N–H and O–H groups in total. The molecule has 3 fully saturated rings. The van der Waals surface area contributed by atoms with Crippen LogP contribution in [0.3, 0.4) is 0 Å². The first-order valence-corrected chi connectivity index (χ1v) is 22.7. The molecule has 6 atom stereocenters. The second-order valence-electron chi connectivity index (χ2n) is 16.1. The Morgan fingerprint density at radius 3 is 2.11 bits per heavy atom. The van der Waals surface area contributed by atoms with E-state index in [-0.39, 0.29) is 53.7 Å². The summed E-state index contributed by atoms with van der Waals surface area (Å²) >= 11 is 0. The fourth-order valence-electron chi connectivity index (χ4n) is 9.46. The van der Waals surface area contributed by atoms with Gasteiger partial charge >= 0.3 is 0 Å². The number of amides is 3. The van der Waals surface area contributed by atoms with E-state index in [1.807, 2.05) is 59.5 Å². The van der Waals surface area contributed by atoms with Gasteiger partial charge in [0.25, 0.3) is 5.91 Å². The molecule has 3 aromatic rings. The number of benzene rings is 3. The minimum atomic E-state index is -2.36. The van der Waals surface area contributed by atoms with E-state index in [2.05, 4.69) is 53.4 Å². The van der Waals surface area contributed by atoms with Crippen LogP contribution in [0.25, 0.3) is 0 Å². The first kappa shape index (κ1) is 38.2. The summed E-state index contributed by atoms with van der Waals surface area (Å²) in [6.07, 6.45) is 3.68. The third-order valence-electron chi connectivity index (χ3n) is 12.4. The van der Waals surface area contributed by atoms with Gasteiger partial charge in [0, 0.05) is 42.6 Å². The van der Waals surface area contributed by atoms with E-state index < -0.39 is 13.7 Å². The molecule has 0 bridgehead atoms. The average molecular weight is 754 g/mol. The summed E-state index contributed by atoms with van der Waals surface area (Å²) < 4.78 is 12.6. The van der Waals surface area contributed by atoms with Crippen LogP contribution in [0.1, 0.15) is 50.2 Å². The zero-order chi connectivity index (χ0) is 38.0. The topological polar surface area (TPSA) is 141 Å². The molecule has 54 heavy (non-hydrogen) atoms. The molecule has 0 saturated carbocycles. The molecule has 4 heterocycles. The Balaban J connectivity index is 1.22. The number of anilines is 3. The number of nitrogens with zero attached hydrogens (tertiary/aromatic N) is 1. The summed E-state index contributed by atoms with van der Waals surface area (Å²) in [5.41, 5.74) is 2.44. The van der Waals surface area contributed by atoms with Crippen LogP contribution in [0.2, 0.25) is 18.6 Å². The van der Waals surface area contributed by atoms with Gasteiger partial charge in [0.2, 0.25) is 11.8 Å².